The summed E-state index contributed by atoms with van der Waals surface area (Å²) in [6.45, 7) is 0. The van der Waals surface area contributed by atoms with Gasteiger partial charge in [-0.15, -0.1) is 23.7 Å². The van der Waals surface area contributed by atoms with Gasteiger partial charge in [0.1, 0.15) is 0 Å². The molecule has 1 amide bonds. The third-order valence-corrected chi connectivity index (χ3v) is 7.75. The van der Waals surface area contributed by atoms with Crippen molar-refractivity contribution in [1.82, 2.24) is 4.98 Å². The molecule has 5 aliphatic rings. The first-order chi connectivity index (χ1) is 11.1. The van der Waals surface area contributed by atoms with Gasteiger partial charge in [-0.3, -0.25) is 4.79 Å². The van der Waals surface area contributed by atoms with E-state index in [-0.39, 0.29) is 29.8 Å². The molecule has 1 atom stereocenters. The number of aryl methyl sites for hydroxylation is 1. The lowest BCUT2D eigenvalue weighted by Gasteiger charge is -2.55. The Labute approximate surface area is 153 Å². The van der Waals surface area contributed by atoms with Crippen molar-refractivity contribution in [3.05, 3.63) is 10.6 Å². The number of nitrogens with zero attached hydrogens (tertiary/aromatic N) is 1. The van der Waals surface area contributed by atoms with Crippen molar-refractivity contribution in [3.8, 4) is 0 Å². The number of halogens is 1. The third kappa shape index (κ3) is 2.69. The van der Waals surface area contributed by atoms with E-state index in [0.29, 0.717) is 0 Å². The zero-order chi connectivity index (χ0) is 15.6. The number of rotatable bonds is 2. The molecule has 24 heavy (non-hydrogen) atoms. The van der Waals surface area contributed by atoms with Crippen molar-refractivity contribution >= 4 is 34.8 Å². The van der Waals surface area contributed by atoms with Crippen LogP contribution in [0.15, 0.2) is 0 Å². The van der Waals surface area contributed by atoms with Crippen molar-refractivity contribution in [2.24, 2.45) is 28.9 Å². The Morgan fingerprint density at radius 1 is 1.17 bits per heavy atom. The summed E-state index contributed by atoms with van der Waals surface area (Å²) in [5, 5.41) is 4.01. The number of aromatic nitrogens is 1. The van der Waals surface area contributed by atoms with Gasteiger partial charge in [0.05, 0.1) is 11.1 Å². The van der Waals surface area contributed by atoms with Gasteiger partial charge in [-0.1, -0.05) is 0 Å². The number of carbonyl (C=O) groups is 1. The number of carbonyl (C=O) groups excluding carboxylic acids is 1. The fourth-order valence-electron chi connectivity index (χ4n) is 6.07. The molecule has 1 aromatic heterocycles. The van der Waals surface area contributed by atoms with Crippen LogP contribution in [-0.4, -0.2) is 16.9 Å². The molecule has 0 aliphatic heterocycles. The lowest BCUT2D eigenvalue weighted by atomic mass is 9.49. The zero-order valence-electron chi connectivity index (χ0n) is 13.9. The molecule has 4 fully saturated rings. The standard InChI is InChI=1S/C18H25N3OS.ClH/c19-13-1-2-14-15(6-13)23-17(20-14)21-16(22)18-7-10-3-11(8-18)5-12(4-10)9-18;/h10-13H,1-9,19H2,(H,20,21,22);1H/t10?,11?,12?,13-,18?;/m0./s1. The van der Waals surface area contributed by atoms with Crippen LogP contribution in [-0.2, 0) is 17.6 Å². The molecule has 1 aromatic rings. The molecule has 4 saturated carbocycles. The lowest BCUT2D eigenvalue weighted by molar-refractivity contribution is -0.140. The van der Waals surface area contributed by atoms with Crippen molar-refractivity contribution in [1.29, 1.82) is 0 Å². The van der Waals surface area contributed by atoms with Gasteiger partial charge in [0.2, 0.25) is 5.91 Å². The van der Waals surface area contributed by atoms with E-state index in [1.54, 1.807) is 11.3 Å². The minimum atomic E-state index is -0.0860. The van der Waals surface area contributed by atoms with Crippen LogP contribution >= 0.6 is 23.7 Å². The van der Waals surface area contributed by atoms with Crippen LogP contribution in [0, 0.1) is 23.2 Å². The molecule has 6 rings (SSSR count). The molecule has 0 spiro atoms. The molecule has 4 nitrogen and oxygen atoms in total. The van der Waals surface area contributed by atoms with Crippen LogP contribution in [0.25, 0.3) is 0 Å². The first-order valence-electron chi connectivity index (χ1n) is 9.15. The molecule has 6 heteroatoms. The first kappa shape index (κ1) is 16.8. The Morgan fingerprint density at radius 3 is 2.42 bits per heavy atom. The number of nitrogens with two attached hydrogens (primary N) is 1. The van der Waals surface area contributed by atoms with Gasteiger partial charge in [0, 0.05) is 10.9 Å². The smallest absolute Gasteiger partial charge is 0.232 e. The second kappa shape index (κ2) is 5.96. The second-order valence-electron chi connectivity index (χ2n) is 8.54. The molecule has 3 N–H and O–H groups in total. The molecule has 0 radical (unpaired) electrons. The average Bonchev–Trinajstić information content (AvgIpc) is 2.87. The molecule has 132 valence electrons. The van der Waals surface area contributed by atoms with Crippen LogP contribution in [0.5, 0.6) is 0 Å². The highest BCUT2D eigenvalue weighted by molar-refractivity contribution is 7.15. The summed E-state index contributed by atoms with van der Waals surface area (Å²) in [7, 11) is 0. The third-order valence-electron chi connectivity index (χ3n) is 6.72. The summed E-state index contributed by atoms with van der Waals surface area (Å²) in [5.74, 6) is 2.66. The summed E-state index contributed by atoms with van der Waals surface area (Å²) in [6.07, 6.45) is 10.3. The molecule has 1 heterocycles. The van der Waals surface area contributed by atoms with Crippen LogP contribution in [0.2, 0.25) is 0 Å². The minimum absolute atomic E-state index is 0. The molecule has 5 aliphatic carbocycles. The number of hydrogen-bond acceptors (Lipinski definition) is 4. The summed E-state index contributed by atoms with van der Waals surface area (Å²) in [4.78, 5) is 19.0. The monoisotopic (exact) mass is 367 g/mol. The SMILES string of the molecule is Cl.N[C@H]1CCc2nc(NC(=O)C34CC5CC(CC(C5)C3)C4)sc2C1. The van der Waals surface area contributed by atoms with E-state index >= 15 is 0 Å². The molecule has 0 aromatic carbocycles. The maximum atomic E-state index is 13.1. The maximum Gasteiger partial charge on any atom is 0.232 e. The highest BCUT2D eigenvalue weighted by Gasteiger charge is 2.54. The van der Waals surface area contributed by atoms with Crippen LogP contribution in [0.3, 0.4) is 0 Å². The van der Waals surface area contributed by atoms with E-state index < -0.39 is 0 Å². The fourth-order valence-corrected chi connectivity index (χ4v) is 7.17. The van der Waals surface area contributed by atoms with Gasteiger partial charge >= 0.3 is 0 Å². The highest BCUT2D eigenvalue weighted by atomic mass is 35.5. The number of amides is 1. The predicted octanol–water partition coefficient (Wildman–Crippen LogP) is 3.54. The van der Waals surface area contributed by atoms with Crippen molar-refractivity contribution < 1.29 is 4.79 Å². The number of fused-ring (bicyclic) bond motifs is 1. The van der Waals surface area contributed by atoms with Gasteiger partial charge in [0.25, 0.3) is 0 Å². The Kier molecular flexibility index (Phi) is 4.17. The van der Waals surface area contributed by atoms with E-state index in [0.717, 1.165) is 67.1 Å². The number of hydrogen-bond donors (Lipinski definition) is 2. The quantitative estimate of drug-likeness (QED) is 0.840. The topological polar surface area (TPSA) is 68.0 Å². The van der Waals surface area contributed by atoms with E-state index in [1.807, 2.05) is 0 Å². The van der Waals surface area contributed by atoms with Gasteiger partial charge in [-0.2, -0.15) is 0 Å². The van der Waals surface area contributed by atoms with E-state index in [4.69, 9.17) is 5.73 Å². The van der Waals surface area contributed by atoms with E-state index in [2.05, 4.69) is 10.3 Å². The summed E-state index contributed by atoms with van der Waals surface area (Å²) >= 11 is 1.65. The fraction of sp³-hybridized carbons (Fsp3) is 0.778. The highest BCUT2D eigenvalue weighted by Crippen LogP contribution is 2.60. The second-order valence-corrected chi connectivity index (χ2v) is 9.63. The average molecular weight is 368 g/mol. The zero-order valence-corrected chi connectivity index (χ0v) is 15.6. The van der Waals surface area contributed by atoms with Crippen molar-refractivity contribution in [2.45, 2.75) is 63.8 Å². The van der Waals surface area contributed by atoms with Gasteiger partial charge < -0.3 is 11.1 Å². The molecule has 4 bridgehead atoms. The molecule has 0 unspecified atom stereocenters. The van der Waals surface area contributed by atoms with E-state index in [1.165, 1.54) is 24.1 Å². The Bertz CT molecular complexity index is 623. The van der Waals surface area contributed by atoms with Crippen molar-refractivity contribution in [3.63, 3.8) is 0 Å². The predicted molar refractivity (Wildman–Crippen MR) is 98.6 cm³/mol. The van der Waals surface area contributed by atoms with Crippen LogP contribution < -0.4 is 11.1 Å². The molecular weight excluding hydrogens is 342 g/mol. The Morgan fingerprint density at radius 2 is 1.79 bits per heavy atom. The minimum Gasteiger partial charge on any atom is -0.327 e. The summed E-state index contributed by atoms with van der Waals surface area (Å²) < 4.78 is 0. The molecule has 0 saturated heterocycles. The van der Waals surface area contributed by atoms with Gasteiger partial charge in [0.15, 0.2) is 5.13 Å². The van der Waals surface area contributed by atoms with Gasteiger partial charge in [-0.25, -0.2) is 4.98 Å². The number of thiazole rings is 1. The van der Waals surface area contributed by atoms with Crippen LogP contribution in [0.4, 0.5) is 5.13 Å². The van der Waals surface area contributed by atoms with E-state index in [9.17, 15) is 4.79 Å². The van der Waals surface area contributed by atoms with Crippen LogP contribution in [0.1, 0.15) is 55.5 Å². The summed E-state index contributed by atoms with van der Waals surface area (Å²) in [5.41, 5.74) is 7.13. The number of anilines is 1. The lowest BCUT2D eigenvalue weighted by Crippen LogP contribution is -2.51. The number of nitrogens with one attached hydrogen (secondary N) is 1. The molecular formula is C18H26ClN3OS. The Balaban J connectivity index is 0.00000146. The maximum absolute atomic E-state index is 13.1. The summed E-state index contributed by atoms with van der Waals surface area (Å²) in [6, 6.07) is 0.259. The first-order valence-corrected chi connectivity index (χ1v) is 9.97. The largest absolute Gasteiger partial charge is 0.327 e. The Hall–Kier alpha value is -0.650. The normalized spacial score (nSPS) is 39.2. The van der Waals surface area contributed by atoms with Crippen molar-refractivity contribution in [2.75, 3.05) is 5.32 Å². The van der Waals surface area contributed by atoms with Gasteiger partial charge in [-0.05, 0) is 75.5 Å².